The molecule has 6 rings (SSSR count). The van der Waals surface area contributed by atoms with Gasteiger partial charge in [-0.2, -0.15) is 4.98 Å². The van der Waals surface area contributed by atoms with Crippen molar-refractivity contribution in [1.29, 1.82) is 0 Å². The Kier molecular flexibility index (Phi) is 7.06. The van der Waals surface area contributed by atoms with Gasteiger partial charge in [0.1, 0.15) is 11.6 Å². The van der Waals surface area contributed by atoms with Gasteiger partial charge >= 0.3 is 0 Å². The fraction of sp³-hybridized carbons (Fsp3) is 0.500. The number of likely N-dealkylation sites (tertiary alicyclic amines) is 1. The van der Waals surface area contributed by atoms with Gasteiger partial charge in [0.2, 0.25) is 0 Å². The van der Waals surface area contributed by atoms with Gasteiger partial charge in [0.25, 0.3) is 6.01 Å². The van der Waals surface area contributed by atoms with Crippen molar-refractivity contribution in [2.75, 3.05) is 49.5 Å². The van der Waals surface area contributed by atoms with Crippen LogP contribution in [0.5, 0.6) is 0 Å². The average Bonchev–Trinajstić information content (AvgIpc) is 3.47. The lowest BCUT2D eigenvalue weighted by Crippen LogP contribution is -2.52. The molecule has 3 aliphatic rings. The molecule has 0 aliphatic carbocycles. The number of benzene rings is 2. The molecule has 9 heteroatoms. The van der Waals surface area contributed by atoms with Crippen molar-refractivity contribution in [2.24, 2.45) is 11.8 Å². The molecule has 2 N–H and O–H groups in total. The van der Waals surface area contributed by atoms with Gasteiger partial charge < -0.3 is 24.6 Å². The fourth-order valence-electron chi connectivity index (χ4n) is 6.85. The first-order chi connectivity index (χ1) is 18.7. The van der Waals surface area contributed by atoms with Gasteiger partial charge in [-0.1, -0.05) is 30.7 Å². The van der Waals surface area contributed by atoms with Crippen LogP contribution in [-0.4, -0.2) is 60.4 Å². The summed E-state index contributed by atoms with van der Waals surface area (Å²) in [5, 5.41) is 14.9. The maximum Gasteiger partial charge on any atom is 0.299 e. The Morgan fingerprint density at radius 2 is 1.90 bits per heavy atom. The fourth-order valence-corrected chi connectivity index (χ4v) is 7.07. The first-order valence-electron chi connectivity index (χ1n) is 13.8. The summed E-state index contributed by atoms with van der Waals surface area (Å²) < 4.78 is 33.2. The maximum absolute atomic E-state index is 13.7. The van der Waals surface area contributed by atoms with Crippen molar-refractivity contribution < 1.29 is 18.3 Å². The molecule has 0 radical (unpaired) electrons. The number of hydrogen-bond acceptors (Lipinski definition) is 6. The number of nitrogens with one attached hydrogen (secondary N) is 1. The number of aryl methyl sites for hydroxylation is 1. The minimum absolute atomic E-state index is 0.0735. The molecule has 2 fully saturated rings. The number of rotatable bonds is 5. The van der Waals surface area contributed by atoms with Crippen molar-refractivity contribution in [3.63, 3.8) is 0 Å². The number of aromatic nitrogens is 1. The van der Waals surface area contributed by atoms with E-state index in [9.17, 15) is 13.9 Å². The topological polar surface area (TPSA) is 64.8 Å². The van der Waals surface area contributed by atoms with E-state index in [1.807, 2.05) is 4.90 Å². The van der Waals surface area contributed by atoms with Gasteiger partial charge in [0.05, 0.1) is 6.10 Å². The highest BCUT2D eigenvalue weighted by Gasteiger charge is 2.46. The summed E-state index contributed by atoms with van der Waals surface area (Å²) in [7, 11) is 0. The Balaban J connectivity index is 1.04. The predicted molar refractivity (Wildman–Crippen MR) is 149 cm³/mol. The van der Waals surface area contributed by atoms with E-state index < -0.39 is 17.7 Å². The third-order valence-electron chi connectivity index (χ3n) is 9.15. The maximum atomic E-state index is 13.7. The van der Waals surface area contributed by atoms with Crippen molar-refractivity contribution in [2.45, 2.75) is 44.6 Å². The zero-order valence-corrected chi connectivity index (χ0v) is 23.1. The van der Waals surface area contributed by atoms with Crippen LogP contribution in [0.3, 0.4) is 0 Å². The van der Waals surface area contributed by atoms with Gasteiger partial charge in [-0.3, -0.25) is 0 Å². The normalized spacial score (nSPS) is 24.7. The number of aliphatic hydroxyl groups excluding tert-OH is 1. The minimum atomic E-state index is -0.702. The van der Waals surface area contributed by atoms with Crippen LogP contribution in [-0.2, 0) is 5.41 Å². The number of oxazole rings is 1. The third kappa shape index (κ3) is 5.03. The molecule has 4 heterocycles. The molecule has 2 unspecified atom stereocenters. The first-order valence-corrected chi connectivity index (χ1v) is 14.2. The van der Waals surface area contributed by atoms with Crippen LogP contribution in [0.2, 0.25) is 5.15 Å². The number of anilines is 2. The van der Waals surface area contributed by atoms with Crippen LogP contribution in [0.4, 0.5) is 20.5 Å². The molecule has 0 amide bonds. The lowest BCUT2D eigenvalue weighted by molar-refractivity contribution is 0.0242. The second kappa shape index (κ2) is 10.4. The Hall–Kier alpha value is -2.68. The third-order valence-corrected chi connectivity index (χ3v) is 9.41. The molecule has 208 valence electrons. The Bertz CT molecular complexity index is 1340. The van der Waals surface area contributed by atoms with Gasteiger partial charge in [-0.15, -0.1) is 0 Å². The summed E-state index contributed by atoms with van der Waals surface area (Å²) in [4.78, 5) is 8.71. The molecule has 3 aromatic rings. The summed E-state index contributed by atoms with van der Waals surface area (Å²) in [6.07, 6.45) is 2.29. The van der Waals surface area contributed by atoms with Gasteiger partial charge in [0.15, 0.2) is 10.9 Å². The predicted octanol–water partition coefficient (Wildman–Crippen LogP) is 5.86. The Labute approximate surface area is 233 Å². The van der Waals surface area contributed by atoms with E-state index in [0.717, 1.165) is 45.0 Å². The number of piperidine rings is 2. The SMILES string of the molecule is Cc1ccc2c(c1)NC[C@]21CCN(CC(O)C2CCN(c3nc(Cl)c(-c4cc(F)cc(F)c4)o3)CC2)CC1C. The van der Waals surface area contributed by atoms with Crippen LogP contribution in [0.15, 0.2) is 40.8 Å². The zero-order valence-electron chi connectivity index (χ0n) is 22.4. The van der Waals surface area contributed by atoms with Crippen LogP contribution < -0.4 is 10.2 Å². The van der Waals surface area contributed by atoms with Crippen LogP contribution >= 0.6 is 11.6 Å². The minimum Gasteiger partial charge on any atom is -0.422 e. The molecule has 0 bridgehead atoms. The van der Waals surface area contributed by atoms with Crippen LogP contribution in [0, 0.1) is 30.4 Å². The van der Waals surface area contributed by atoms with Crippen LogP contribution in [0.1, 0.15) is 37.3 Å². The van der Waals surface area contributed by atoms with Crippen molar-refractivity contribution in [3.05, 3.63) is 64.3 Å². The Morgan fingerprint density at radius 3 is 2.62 bits per heavy atom. The molecule has 1 aromatic heterocycles. The van der Waals surface area contributed by atoms with E-state index in [-0.39, 0.29) is 27.8 Å². The highest BCUT2D eigenvalue weighted by molar-refractivity contribution is 6.31. The monoisotopic (exact) mass is 556 g/mol. The number of halogens is 3. The summed E-state index contributed by atoms with van der Waals surface area (Å²) >= 11 is 6.26. The molecular formula is C30H35ClF2N4O2. The molecule has 6 nitrogen and oxygen atoms in total. The van der Waals surface area contributed by atoms with Crippen molar-refractivity contribution >= 4 is 23.3 Å². The molecule has 0 saturated carbocycles. The largest absolute Gasteiger partial charge is 0.422 e. The van der Waals surface area contributed by atoms with E-state index in [1.165, 1.54) is 28.9 Å². The molecule has 3 aliphatic heterocycles. The van der Waals surface area contributed by atoms with Gasteiger partial charge in [-0.25, -0.2) is 8.78 Å². The number of β-amino-alcohol motifs (C(OH)–C–C–N with tert-alkyl or cyclic N) is 1. The summed E-state index contributed by atoms with van der Waals surface area (Å²) in [5.74, 6) is -0.572. The number of nitrogens with zero attached hydrogens (tertiary/aromatic N) is 3. The standard InChI is InChI=1S/C30H35ClF2N4O2/c1-18-3-4-24-25(11-18)34-17-30(24)7-10-36(15-19(30)2)16-26(38)20-5-8-37(9-6-20)29-35-28(31)27(39-29)21-12-22(32)14-23(33)13-21/h3-4,11-14,19-20,26,34,38H,5-10,15-17H2,1-2H3/t19?,26?,30-/m0/s1. The summed E-state index contributed by atoms with van der Waals surface area (Å²) in [6.45, 7) is 9.44. The highest BCUT2D eigenvalue weighted by atomic mass is 35.5. The molecule has 2 aromatic carbocycles. The van der Waals surface area contributed by atoms with E-state index >= 15 is 0 Å². The molecule has 2 saturated heterocycles. The number of hydrogen-bond donors (Lipinski definition) is 2. The average molecular weight is 557 g/mol. The van der Waals surface area contributed by atoms with E-state index in [4.69, 9.17) is 16.0 Å². The van der Waals surface area contributed by atoms with E-state index in [2.05, 4.69) is 47.2 Å². The zero-order chi connectivity index (χ0) is 27.3. The quantitative estimate of drug-likeness (QED) is 0.410. The molecule has 1 spiro atoms. The highest BCUT2D eigenvalue weighted by Crippen LogP contribution is 2.47. The second-order valence-corrected chi connectivity index (χ2v) is 12.0. The lowest BCUT2D eigenvalue weighted by Gasteiger charge is -2.46. The van der Waals surface area contributed by atoms with Crippen LogP contribution in [0.25, 0.3) is 11.3 Å². The number of fused-ring (bicyclic) bond motifs is 2. The Morgan fingerprint density at radius 1 is 1.15 bits per heavy atom. The molecule has 39 heavy (non-hydrogen) atoms. The molecular weight excluding hydrogens is 522 g/mol. The van der Waals surface area contributed by atoms with Crippen molar-refractivity contribution in [3.8, 4) is 11.3 Å². The van der Waals surface area contributed by atoms with Gasteiger partial charge in [0, 0.05) is 55.5 Å². The summed E-state index contributed by atoms with van der Waals surface area (Å²) in [5.41, 5.74) is 4.40. The van der Waals surface area contributed by atoms with E-state index in [0.29, 0.717) is 31.6 Å². The lowest BCUT2D eigenvalue weighted by atomic mass is 9.67. The second-order valence-electron chi connectivity index (χ2n) is 11.6. The number of aliphatic hydroxyl groups is 1. The smallest absolute Gasteiger partial charge is 0.299 e. The summed E-state index contributed by atoms with van der Waals surface area (Å²) in [6, 6.07) is 10.3. The molecule has 3 atom stereocenters. The van der Waals surface area contributed by atoms with Crippen molar-refractivity contribution in [1.82, 2.24) is 9.88 Å². The first kappa shape index (κ1) is 26.5. The van der Waals surface area contributed by atoms with E-state index in [1.54, 1.807) is 0 Å². The van der Waals surface area contributed by atoms with Gasteiger partial charge in [-0.05, 0) is 73.9 Å².